The summed E-state index contributed by atoms with van der Waals surface area (Å²) in [4.78, 5) is 18.5. The van der Waals surface area contributed by atoms with Crippen LogP contribution in [0.3, 0.4) is 0 Å². The van der Waals surface area contributed by atoms with Crippen molar-refractivity contribution >= 4 is 5.91 Å². The summed E-state index contributed by atoms with van der Waals surface area (Å²) in [6.07, 6.45) is 3.39. The monoisotopic (exact) mass is 347 g/mol. The highest BCUT2D eigenvalue weighted by molar-refractivity contribution is 5.94. The van der Waals surface area contributed by atoms with E-state index in [2.05, 4.69) is 4.98 Å². The average Bonchev–Trinajstić information content (AvgIpc) is 2.98. The number of aryl methyl sites for hydroxylation is 1. The van der Waals surface area contributed by atoms with Gasteiger partial charge in [-0.25, -0.2) is 4.98 Å². The predicted molar refractivity (Wildman–Crippen MR) is 93.8 cm³/mol. The normalized spacial score (nSPS) is 10.8. The lowest BCUT2D eigenvalue weighted by Gasteiger charge is -2.22. The van der Waals surface area contributed by atoms with E-state index in [1.807, 2.05) is 25.5 Å². The third-order valence-corrected chi connectivity index (χ3v) is 3.70. The van der Waals surface area contributed by atoms with Crippen molar-refractivity contribution in [2.75, 3.05) is 20.3 Å². The number of rotatable bonds is 8. The molecule has 1 N–H and O–H groups in total. The van der Waals surface area contributed by atoms with Gasteiger partial charge in [-0.1, -0.05) is 0 Å². The second kappa shape index (κ2) is 8.53. The van der Waals surface area contributed by atoms with E-state index in [9.17, 15) is 9.90 Å². The summed E-state index contributed by atoms with van der Waals surface area (Å²) in [5, 5.41) is 9.31. The molecule has 7 heteroatoms. The maximum absolute atomic E-state index is 12.9. The van der Waals surface area contributed by atoms with Crippen LogP contribution in [0.5, 0.6) is 11.5 Å². The molecule has 0 aliphatic carbocycles. The van der Waals surface area contributed by atoms with Crippen molar-refractivity contribution < 1.29 is 19.4 Å². The molecule has 0 spiro atoms. The number of nitrogens with zero attached hydrogens (tertiary/aromatic N) is 3. The van der Waals surface area contributed by atoms with Crippen LogP contribution in [0.4, 0.5) is 0 Å². The highest BCUT2D eigenvalue weighted by Gasteiger charge is 2.19. The number of carbonyl (C=O) groups is 1. The Bertz CT molecular complexity index is 712. The van der Waals surface area contributed by atoms with Crippen LogP contribution in [-0.4, -0.2) is 51.8 Å². The van der Waals surface area contributed by atoms with Crippen LogP contribution in [0.2, 0.25) is 0 Å². The van der Waals surface area contributed by atoms with Crippen molar-refractivity contribution in [2.24, 2.45) is 7.05 Å². The molecule has 0 radical (unpaired) electrons. The van der Waals surface area contributed by atoms with Crippen LogP contribution < -0.4 is 9.47 Å². The smallest absolute Gasteiger partial charge is 0.254 e. The topological polar surface area (TPSA) is 76.8 Å². The molecule has 25 heavy (non-hydrogen) atoms. The third-order valence-electron chi connectivity index (χ3n) is 3.70. The van der Waals surface area contributed by atoms with Gasteiger partial charge in [0.1, 0.15) is 0 Å². The van der Waals surface area contributed by atoms with Crippen molar-refractivity contribution in [2.45, 2.75) is 26.5 Å². The Morgan fingerprint density at radius 2 is 2.12 bits per heavy atom. The fraction of sp³-hybridized carbons (Fsp3) is 0.444. The van der Waals surface area contributed by atoms with Gasteiger partial charge in [-0.15, -0.1) is 0 Å². The zero-order valence-electron chi connectivity index (χ0n) is 15.1. The molecule has 0 unspecified atom stereocenters. The molecule has 0 bridgehead atoms. The zero-order chi connectivity index (χ0) is 18.4. The Kier molecular flexibility index (Phi) is 6.41. The van der Waals surface area contributed by atoms with Gasteiger partial charge in [-0.05, 0) is 32.0 Å². The standard InChI is InChI=1S/C18H25N3O4/c1-13(2)25-16-6-5-14(9-17(16)24-4)18(23)21(7-8-22)11-15-10-19-12-20(15)3/h5-6,9-10,12-13,22H,7-8,11H2,1-4H3. The first-order valence-corrected chi connectivity index (χ1v) is 8.16. The van der Waals surface area contributed by atoms with Crippen LogP contribution in [0.25, 0.3) is 0 Å². The number of amides is 1. The van der Waals surface area contributed by atoms with Gasteiger partial charge in [0, 0.05) is 25.4 Å². The minimum absolute atomic E-state index is 0.00572. The van der Waals surface area contributed by atoms with E-state index >= 15 is 0 Å². The van der Waals surface area contributed by atoms with Crippen molar-refractivity contribution in [1.82, 2.24) is 14.5 Å². The van der Waals surface area contributed by atoms with Gasteiger partial charge < -0.3 is 24.0 Å². The molecule has 2 aromatic rings. The summed E-state index contributed by atoms with van der Waals surface area (Å²) in [6.45, 7) is 4.33. The Morgan fingerprint density at radius 1 is 1.36 bits per heavy atom. The van der Waals surface area contributed by atoms with Crippen molar-refractivity contribution in [3.63, 3.8) is 0 Å². The Labute approximate surface area is 147 Å². The van der Waals surface area contributed by atoms with Crippen LogP contribution in [0.15, 0.2) is 30.7 Å². The summed E-state index contributed by atoms with van der Waals surface area (Å²) in [7, 11) is 3.41. The number of hydrogen-bond acceptors (Lipinski definition) is 5. The highest BCUT2D eigenvalue weighted by Crippen LogP contribution is 2.29. The van der Waals surface area contributed by atoms with Gasteiger partial charge in [-0.3, -0.25) is 4.79 Å². The van der Waals surface area contributed by atoms with Crippen LogP contribution in [0, 0.1) is 0 Å². The van der Waals surface area contributed by atoms with E-state index in [1.165, 1.54) is 7.11 Å². The Morgan fingerprint density at radius 3 is 2.68 bits per heavy atom. The largest absolute Gasteiger partial charge is 0.493 e. The number of ether oxygens (including phenoxy) is 2. The fourth-order valence-corrected chi connectivity index (χ4v) is 2.44. The Balaban J connectivity index is 2.24. The summed E-state index contributed by atoms with van der Waals surface area (Å²) in [6, 6.07) is 5.09. The van der Waals surface area contributed by atoms with E-state index < -0.39 is 0 Å². The third kappa shape index (κ3) is 4.73. The number of aliphatic hydroxyl groups excluding tert-OH is 1. The van der Waals surface area contributed by atoms with E-state index in [1.54, 1.807) is 35.6 Å². The molecule has 0 aliphatic heterocycles. The van der Waals surface area contributed by atoms with E-state index in [0.717, 1.165) is 5.69 Å². The molecule has 0 saturated heterocycles. The molecular formula is C18H25N3O4. The van der Waals surface area contributed by atoms with Crippen molar-refractivity contribution in [3.8, 4) is 11.5 Å². The number of aromatic nitrogens is 2. The number of carbonyl (C=O) groups excluding carboxylic acids is 1. The molecule has 7 nitrogen and oxygen atoms in total. The second-order valence-corrected chi connectivity index (χ2v) is 5.98. The first-order chi connectivity index (χ1) is 12.0. The molecular weight excluding hydrogens is 322 g/mol. The van der Waals surface area contributed by atoms with Crippen molar-refractivity contribution in [1.29, 1.82) is 0 Å². The number of hydrogen-bond donors (Lipinski definition) is 1. The van der Waals surface area contributed by atoms with E-state index in [4.69, 9.17) is 9.47 Å². The molecule has 1 aromatic heterocycles. The lowest BCUT2D eigenvalue weighted by Crippen LogP contribution is -2.33. The fourth-order valence-electron chi connectivity index (χ4n) is 2.44. The highest BCUT2D eigenvalue weighted by atomic mass is 16.5. The van der Waals surface area contributed by atoms with E-state index in [0.29, 0.717) is 23.6 Å². The SMILES string of the molecule is COc1cc(C(=O)N(CCO)Cc2cncn2C)ccc1OC(C)C. The molecule has 0 fully saturated rings. The quantitative estimate of drug-likeness (QED) is 0.789. The van der Waals surface area contributed by atoms with Gasteiger partial charge in [0.25, 0.3) is 5.91 Å². The van der Waals surface area contributed by atoms with Crippen LogP contribution in [0.1, 0.15) is 29.9 Å². The van der Waals surface area contributed by atoms with Gasteiger partial charge in [0.05, 0.1) is 38.4 Å². The first-order valence-electron chi connectivity index (χ1n) is 8.16. The molecule has 0 aliphatic rings. The predicted octanol–water partition coefficient (Wildman–Crippen LogP) is 1.85. The van der Waals surface area contributed by atoms with Gasteiger partial charge in [0.2, 0.25) is 0 Å². The van der Waals surface area contributed by atoms with Gasteiger partial charge >= 0.3 is 0 Å². The Hall–Kier alpha value is -2.54. The van der Waals surface area contributed by atoms with Gasteiger partial charge in [0.15, 0.2) is 11.5 Å². The summed E-state index contributed by atoms with van der Waals surface area (Å²) >= 11 is 0. The lowest BCUT2D eigenvalue weighted by molar-refractivity contribution is 0.0703. The molecule has 1 heterocycles. The molecule has 0 atom stereocenters. The van der Waals surface area contributed by atoms with Crippen LogP contribution in [-0.2, 0) is 13.6 Å². The minimum Gasteiger partial charge on any atom is -0.493 e. The zero-order valence-corrected chi connectivity index (χ0v) is 15.1. The average molecular weight is 347 g/mol. The second-order valence-electron chi connectivity index (χ2n) is 5.98. The first kappa shape index (κ1) is 18.8. The number of methoxy groups -OCH3 is 1. The van der Waals surface area contributed by atoms with Crippen molar-refractivity contribution in [3.05, 3.63) is 42.0 Å². The summed E-state index contributed by atoms with van der Waals surface area (Å²) < 4.78 is 12.9. The number of imidazole rings is 1. The molecule has 136 valence electrons. The van der Waals surface area contributed by atoms with Gasteiger partial charge in [-0.2, -0.15) is 0 Å². The summed E-state index contributed by atoms with van der Waals surface area (Å²) in [5.74, 6) is 0.906. The lowest BCUT2D eigenvalue weighted by atomic mass is 10.1. The molecule has 2 rings (SSSR count). The summed E-state index contributed by atoms with van der Waals surface area (Å²) in [5.41, 5.74) is 1.36. The molecule has 1 aromatic carbocycles. The van der Waals surface area contributed by atoms with E-state index in [-0.39, 0.29) is 25.2 Å². The molecule has 0 saturated carbocycles. The van der Waals surface area contributed by atoms with Crippen LogP contribution >= 0.6 is 0 Å². The maximum atomic E-state index is 12.9. The maximum Gasteiger partial charge on any atom is 0.254 e. The molecule has 1 amide bonds. The minimum atomic E-state index is -0.190. The number of benzene rings is 1. The number of aliphatic hydroxyl groups is 1.